The zero-order chi connectivity index (χ0) is 12.3. The molecule has 0 atom stereocenters. The highest BCUT2D eigenvalue weighted by molar-refractivity contribution is 6.58. The van der Waals surface area contributed by atoms with Crippen LogP contribution >= 0.6 is 0 Å². The number of rotatable bonds is 3. The highest BCUT2D eigenvalue weighted by Gasteiger charge is 2.13. The van der Waals surface area contributed by atoms with Gasteiger partial charge in [-0.25, -0.2) is 0 Å². The van der Waals surface area contributed by atoms with E-state index >= 15 is 0 Å². The third kappa shape index (κ3) is 2.75. The minimum absolute atomic E-state index is 0.194. The molecule has 2 rings (SSSR count). The summed E-state index contributed by atoms with van der Waals surface area (Å²) < 4.78 is 4.93. The van der Waals surface area contributed by atoms with Crippen molar-refractivity contribution >= 4 is 24.2 Å². The van der Waals surface area contributed by atoms with E-state index in [0.29, 0.717) is 11.2 Å². The molecule has 0 spiro atoms. The van der Waals surface area contributed by atoms with E-state index in [1.807, 2.05) is 0 Å². The predicted octanol–water partition coefficient (Wildman–Crippen LogP) is 0.212. The Morgan fingerprint density at radius 1 is 1.24 bits per heavy atom. The van der Waals surface area contributed by atoms with Gasteiger partial charge in [0.05, 0.1) is 6.26 Å². The summed E-state index contributed by atoms with van der Waals surface area (Å²) in [5.41, 5.74) is 0.777. The molecule has 0 bridgehead atoms. The third-order valence-corrected chi connectivity index (χ3v) is 2.19. The van der Waals surface area contributed by atoms with E-state index < -0.39 is 7.12 Å². The molecule has 2 aromatic rings. The molecule has 0 aliphatic rings. The number of hydrogen-bond acceptors (Lipinski definition) is 4. The first-order chi connectivity index (χ1) is 8.16. The van der Waals surface area contributed by atoms with Crippen LogP contribution in [0.5, 0.6) is 0 Å². The van der Waals surface area contributed by atoms with Crippen molar-refractivity contribution in [1.82, 2.24) is 0 Å². The summed E-state index contributed by atoms with van der Waals surface area (Å²) in [6.07, 6.45) is 1.41. The second-order valence-corrected chi connectivity index (χ2v) is 3.43. The van der Waals surface area contributed by atoms with E-state index in [-0.39, 0.29) is 11.7 Å². The molecule has 3 N–H and O–H groups in total. The van der Waals surface area contributed by atoms with Crippen LogP contribution in [0.1, 0.15) is 10.6 Å². The van der Waals surface area contributed by atoms with Gasteiger partial charge in [0.15, 0.2) is 5.76 Å². The van der Waals surface area contributed by atoms with Crippen molar-refractivity contribution in [3.05, 3.63) is 48.4 Å². The molecule has 0 aliphatic carbocycles. The maximum atomic E-state index is 11.6. The van der Waals surface area contributed by atoms with Gasteiger partial charge in [-0.05, 0) is 29.7 Å². The lowest BCUT2D eigenvalue weighted by Gasteiger charge is -2.05. The van der Waals surface area contributed by atoms with Crippen molar-refractivity contribution in [2.75, 3.05) is 5.32 Å². The number of hydrogen-bond donors (Lipinski definition) is 3. The molecule has 0 saturated carbocycles. The second-order valence-electron chi connectivity index (χ2n) is 3.43. The predicted molar refractivity (Wildman–Crippen MR) is 62.9 cm³/mol. The fourth-order valence-electron chi connectivity index (χ4n) is 1.38. The van der Waals surface area contributed by atoms with Gasteiger partial charge in [-0.3, -0.25) is 4.79 Å². The van der Waals surface area contributed by atoms with Gasteiger partial charge in [-0.2, -0.15) is 0 Å². The van der Waals surface area contributed by atoms with E-state index in [1.165, 1.54) is 12.3 Å². The molecule has 0 saturated heterocycles. The van der Waals surface area contributed by atoms with E-state index in [9.17, 15) is 4.79 Å². The smallest absolute Gasteiger partial charge is 0.459 e. The van der Waals surface area contributed by atoms with Crippen molar-refractivity contribution < 1.29 is 19.3 Å². The van der Waals surface area contributed by atoms with Crippen molar-refractivity contribution in [2.45, 2.75) is 0 Å². The molecular weight excluding hydrogens is 221 g/mol. The summed E-state index contributed by atoms with van der Waals surface area (Å²) in [6, 6.07) is 9.45. The number of benzene rings is 1. The molecule has 0 aliphatic heterocycles. The summed E-state index contributed by atoms with van der Waals surface area (Å²) in [5, 5.41) is 20.6. The Balaban J connectivity index is 2.14. The zero-order valence-electron chi connectivity index (χ0n) is 8.83. The molecule has 17 heavy (non-hydrogen) atoms. The Kier molecular flexibility index (Phi) is 3.27. The largest absolute Gasteiger partial charge is 0.488 e. The summed E-state index contributed by atoms with van der Waals surface area (Å²) in [6.45, 7) is 0. The standard InChI is InChI=1S/C11H10BNO4/c14-11(10-5-2-6-17-10)13-9-4-1-3-8(7-9)12(15)16/h1-7,15-16H,(H,13,14). The maximum absolute atomic E-state index is 11.6. The molecule has 0 unspecified atom stereocenters. The van der Waals surface area contributed by atoms with Gasteiger partial charge >= 0.3 is 7.12 Å². The Morgan fingerprint density at radius 2 is 2.06 bits per heavy atom. The van der Waals surface area contributed by atoms with Gasteiger partial charge < -0.3 is 19.8 Å². The van der Waals surface area contributed by atoms with E-state index in [4.69, 9.17) is 14.5 Å². The molecular formula is C11H10BNO4. The number of anilines is 1. The highest BCUT2D eigenvalue weighted by atomic mass is 16.4. The quantitative estimate of drug-likeness (QED) is 0.659. The SMILES string of the molecule is O=C(Nc1cccc(B(O)O)c1)c1ccco1. The zero-order valence-corrected chi connectivity index (χ0v) is 8.83. The number of amides is 1. The van der Waals surface area contributed by atoms with Crippen LogP contribution < -0.4 is 10.8 Å². The molecule has 0 fully saturated rings. The van der Waals surface area contributed by atoms with E-state index in [2.05, 4.69) is 5.32 Å². The minimum Gasteiger partial charge on any atom is -0.459 e. The first kappa shape index (κ1) is 11.4. The van der Waals surface area contributed by atoms with Crippen LogP contribution in [-0.4, -0.2) is 23.1 Å². The minimum atomic E-state index is -1.56. The van der Waals surface area contributed by atoms with E-state index in [1.54, 1.807) is 30.3 Å². The molecule has 86 valence electrons. The molecule has 1 aromatic carbocycles. The van der Waals surface area contributed by atoms with Crippen molar-refractivity contribution in [3.63, 3.8) is 0 Å². The Bertz CT molecular complexity index is 510. The fraction of sp³-hybridized carbons (Fsp3) is 0. The van der Waals surface area contributed by atoms with Crippen molar-refractivity contribution in [3.8, 4) is 0 Å². The Morgan fingerprint density at radius 3 is 2.71 bits per heavy atom. The molecule has 1 heterocycles. The van der Waals surface area contributed by atoms with Crippen LogP contribution in [0.2, 0.25) is 0 Å². The number of nitrogens with one attached hydrogen (secondary N) is 1. The van der Waals surface area contributed by atoms with Crippen LogP contribution in [0.25, 0.3) is 0 Å². The first-order valence-corrected chi connectivity index (χ1v) is 4.98. The number of carbonyl (C=O) groups is 1. The molecule has 6 heteroatoms. The average Bonchev–Trinajstić information content (AvgIpc) is 2.82. The van der Waals surface area contributed by atoms with E-state index in [0.717, 1.165) is 0 Å². The highest BCUT2D eigenvalue weighted by Crippen LogP contribution is 2.08. The van der Waals surface area contributed by atoms with Crippen molar-refractivity contribution in [2.24, 2.45) is 0 Å². The molecule has 5 nitrogen and oxygen atoms in total. The number of furan rings is 1. The van der Waals surface area contributed by atoms with Crippen LogP contribution in [0.15, 0.2) is 47.1 Å². The van der Waals surface area contributed by atoms with Crippen LogP contribution in [-0.2, 0) is 0 Å². The number of carbonyl (C=O) groups excluding carboxylic acids is 1. The van der Waals surface area contributed by atoms with Crippen molar-refractivity contribution in [1.29, 1.82) is 0 Å². The van der Waals surface area contributed by atoms with Gasteiger partial charge in [-0.1, -0.05) is 12.1 Å². The normalized spacial score (nSPS) is 10.0. The van der Waals surface area contributed by atoms with Gasteiger partial charge in [0.1, 0.15) is 0 Å². The summed E-state index contributed by atoms with van der Waals surface area (Å²) in [4.78, 5) is 11.6. The average molecular weight is 231 g/mol. The molecule has 1 amide bonds. The maximum Gasteiger partial charge on any atom is 0.488 e. The monoisotopic (exact) mass is 231 g/mol. The Hall–Kier alpha value is -2.05. The van der Waals surface area contributed by atoms with Gasteiger partial charge in [0, 0.05) is 5.69 Å². The lowest BCUT2D eigenvalue weighted by molar-refractivity contribution is 0.0996. The molecule has 1 aromatic heterocycles. The summed E-state index contributed by atoms with van der Waals surface area (Å²) >= 11 is 0. The third-order valence-electron chi connectivity index (χ3n) is 2.19. The second kappa shape index (κ2) is 4.86. The van der Waals surface area contributed by atoms with Crippen LogP contribution in [0.4, 0.5) is 5.69 Å². The topological polar surface area (TPSA) is 82.7 Å². The first-order valence-electron chi connectivity index (χ1n) is 4.98. The van der Waals surface area contributed by atoms with Crippen LogP contribution in [0, 0.1) is 0 Å². The fourth-order valence-corrected chi connectivity index (χ4v) is 1.38. The van der Waals surface area contributed by atoms with Gasteiger partial charge in [-0.15, -0.1) is 0 Å². The lowest BCUT2D eigenvalue weighted by atomic mass is 9.80. The van der Waals surface area contributed by atoms with Gasteiger partial charge in [0.2, 0.25) is 0 Å². The summed E-state index contributed by atoms with van der Waals surface area (Å²) in [7, 11) is -1.56. The summed E-state index contributed by atoms with van der Waals surface area (Å²) in [5.74, 6) is -0.195. The van der Waals surface area contributed by atoms with Gasteiger partial charge in [0.25, 0.3) is 5.91 Å². The lowest BCUT2D eigenvalue weighted by Crippen LogP contribution is -2.30. The van der Waals surface area contributed by atoms with Crippen LogP contribution in [0.3, 0.4) is 0 Å². The molecule has 0 radical (unpaired) electrons. The Labute approximate surface area is 97.8 Å².